The average molecular weight is 1250 g/mol. The monoisotopic (exact) mass is 1250 g/mol. The van der Waals surface area contributed by atoms with Crippen LogP contribution in [0.5, 0.6) is 0 Å². The molecule has 514 valence electrons. The van der Waals surface area contributed by atoms with E-state index in [0.717, 1.165) is 83.5 Å². The lowest BCUT2D eigenvalue weighted by atomic mass is 10.0. The Morgan fingerprint density at radius 3 is 0.966 bits per heavy atom. The van der Waals surface area contributed by atoms with Crippen LogP contribution in [0.15, 0.2) is 97.2 Å². The second kappa shape index (κ2) is 70.1. The molecule has 1 N–H and O–H groups in total. The van der Waals surface area contributed by atoms with E-state index in [1.165, 1.54) is 225 Å². The highest BCUT2D eigenvalue weighted by Gasteiger charge is 2.25. The summed E-state index contributed by atoms with van der Waals surface area (Å²) in [5.41, 5.74) is 0. The van der Waals surface area contributed by atoms with Crippen LogP contribution in [0.4, 0.5) is 0 Å². The van der Waals surface area contributed by atoms with Crippen LogP contribution in [0.25, 0.3) is 0 Å². The first kappa shape index (κ1) is 85.2. The number of aliphatic carboxylic acids is 1. The molecular weight excluding hydrogens is 1100 g/mol. The van der Waals surface area contributed by atoms with Gasteiger partial charge in [0.15, 0.2) is 6.10 Å². The molecule has 9 heteroatoms. The van der Waals surface area contributed by atoms with E-state index in [1.54, 1.807) is 0 Å². The van der Waals surface area contributed by atoms with E-state index >= 15 is 0 Å². The highest BCUT2D eigenvalue weighted by Crippen LogP contribution is 2.18. The number of carboxylic acid groups (broad SMARTS) is 1. The molecule has 0 saturated carbocycles. The van der Waals surface area contributed by atoms with Gasteiger partial charge < -0.3 is 28.5 Å². The third-order valence-electron chi connectivity index (χ3n) is 16.3. The number of carboxylic acids is 1. The maximum atomic E-state index is 13.0. The number of allylic oxidation sites excluding steroid dienone is 16. The van der Waals surface area contributed by atoms with Crippen LogP contribution < -0.4 is 0 Å². The van der Waals surface area contributed by atoms with Crippen molar-refractivity contribution in [1.82, 2.24) is 0 Å². The molecular formula is C80H142NO8+. The highest BCUT2D eigenvalue weighted by molar-refractivity contribution is 5.71. The Morgan fingerprint density at radius 2 is 0.640 bits per heavy atom. The first-order valence-electron chi connectivity index (χ1n) is 37.4. The van der Waals surface area contributed by atoms with Gasteiger partial charge in [0.25, 0.3) is 6.29 Å². The lowest BCUT2D eigenvalue weighted by molar-refractivity contribution is -0.870. The van der Waals surface area contributed by atoms with Gasteiger partial charge in [0.1, 0.15) is 13.2 Å². The van der Waals surface area contributed by atoms with E-state index in [2.05, 4.69) is 111 Å². The summed E-state index contributed by atoms with van der Waals surface area (Å²) in [6.45, 7) is 4.80. The normalized spacial score (nSPS) is 13.2. The number of esters is 2. The summed E-state index contributed by atoms with van der Waals surface area (Å²) in [4.78, 5) is 37.7. The number of quaternary nitrogens is 1. The summed E-state index contributed by atoms with van der Waals surface area (Å²) in [6, 6.07) is 0. The van der Waals surface area contributed by atoms with Crippen LogP contribution in [0.2, 0.25) is 0 Å². The van der Waals surface area contributed by atoms with Crippen molar-refractivity contribution in [3.8, 4) is 0 Å². The fourth-order valence-electron chi connectivity index (χ4n) is 10.6. The van der Waals surface area contributed by atoms with Crippen LogP contribution in [0.3, 0.4) is 0 Å². The van der Waals surface area contributed by atoms with E-state index in [0.29, 0.717) is 17.4 Å². The van der Waals surface area contributed by atoms with Gasteiger partial charge in [0.05, 0.1) is 34.4 Å². The van der Waals surface area contributed by atoms with Crippen LogP contribution in [0.1, 0.15) is 335 Å². The van der Waals surface area contributed by atoms with Crippen molar-refractivity contribution in [2.24, 2.45) is 0 Å². The second-order valence-corrected chi connectivity index (χ2v) is 26.2. The van der Waals surface area contributed by atoms with Gasteiger partial charge in [0.2, 0.25) is 0 Å². The predicted octanol–water partition coefficient (Wildman–Crippen LogP) is 23.6. The average Bonchev–Trinajstić information content (AvgIpc) is 3.64. The molecule has 0 aliphatic heterocycles. The minimum absolute atomic E-state index is 0.181. The van der Waals surface area contributed by atoms with Crippen LogP contribution in [-0.2, 0) is 33.3 Å². The summed E-state index contributed by atoms with van der Waals surface area (Å²) in [6.07, 6.45) is 93.9. The second-order valence-electron chi connectivity index (χ2n) is 26.2. The zero-order chi connectivity index (χ0) is 64.7. The Hall–Kier alpha value is -3.79. The molecule has 0 aliphatic carbocycles. The molecule has 2 atom stereocenters. The molecule has 0 heterocycles. The molecule has 0 aliphatic rings. The standard InChI is InChI=1S/C80H141NO8/c1-6-8-10-12-14-16-18-20-22-24-26-28-30-31-32-33-34-35-36-37-38-39-40-41-42-43-44-45-46-47-49-51-53-55-57-59-61-63-65-67-69-71-78(83)89-76(75-88-80(79(84)85)86-73-72-81(3,4)5)74-87-77(82)70-68-66-64-62-60-58-56-54-52-50-48-29-27-25-23-21-19-17-15-13-11-9-7-2/h8,10,14,16,20,22,25-28,31-32,34-35,37-38,76,80H,6-7,9,11-13,15,17-19,21,23-24,29-30,33,36,39-75H2,1-5H3/p+1/b10-8-,16-14-,22-20-,27-25-,28-26-,32-31-,35-34-,38-37-. The molecule has 0 saturated heterocycles. The number of hydrogen-bond donors (Lipinski definition) is 1. The number of likely N-dealkylation sites (N-methyl/N-ethyl adjacent to an activating group) is 1. The van der Waals surface area contributed by atoms with Crippen molar-refractivity contribution >= 4 is 17.9 Å². The smallest absolute Gasteiger partial charge is 0.361 e. The van der Waals surface area contributed by atoms with Crippen molar-refractivity contribution < 1.29 is 42.9 Å². The number of unbranched alkanes of at least 4 members (excludes halogenated alkanes) is 38. The molecule has 0 rings (SSSR count). The van der Waals surface area contributed by atoms with Crippen molar-refractivity contribution in [1.29, 1.82) is 0 Å². The molecule has 2 unspecified atom stereocenters. The maximum Gasteiger partial charge on any atom is 0.361 e. The lowest BCUT2D eigenvalue weighted by Crippen LogP contribution is -2.40. The molecule has 0 aromatic rings. The maximum absolute atomic E-state index is 13.0. The molecule has 0 spiro atoms. The molecule has 0 aromatic carbocycles. The van der Waals surface area contributed by atoms with Crippen LogP contribution >= 0.6 is 0 Å². The molecule has 0 fully saturated rings. The Kier molecular flexibility index (Phi) is 67.1. The summed E-state index contributed by atoms with van der Waals surface area (Å²) >= 11 is 0. The fraction of sp³-hybridized carbons (Fsp3) is 0.762. The summed E-state index contributed by atoms with van der Waals surface area (Å²) in [5, 5.41) is 9.75. The molecule has 0 radical (unpaired) electrons. The lowest BCUT2D eigenvalue weighted by Gasteiger charge is -2.25. The Labute approximate surface area is 550 Å². The number of carbonyl (C=O) groups excluding carboxylic acids is 2. The first-order valence-corrected chi connectivity index (χ1v) is 37.4. The summed E-state index contributed by atoms with van der Waals surface area (Å²) < 4.78 is 23.0. The van der Waals surface area contributed by atoms with Gasteiger partial charge in [-0.05, 0) is 96.3 Å². The van der Waals surface area contributed by atoms with Crippen LogP contribution in [0, 0.1) is 0 Å². The Morgan fingerprint density at radius 1 is 0.348 bits per heavy atom. The summed E-state index contributed by atoms with van der Waals surface area (Å²) in [5.74, 6) is -1.99. The third kappa shape index (κ3) is 71.5. The van der Waals surface area contributed by atoms with Gasteiger partial charge in [-0.2, -0.15) is 0 Å². The number of rotatable bonds is 69. The van der Waals surface area contributed by atoms with Crippen molar-refractivity contribution in [3.05, 3.63) is 97.2 Å². The third-order valence-corrected chi connectivity index (χ3v) is 16.3. The molecule has 9 nitrogen and oxygen atoms in total. The Balaban J connectivity index is 4.02. The predicted molar refractivity (Wildman–Crippen MR) is 382 cm³/mol. The number of hydrogen-bond acceptors (Lipinski definition) is 7. The van der Waals surface area contributed by atoms with Crippen LogP contribution in [-0.4, -0.2) is 87.4 Å². The molecule has 0 amide bonds. The van der Waals surface area contributed by atoms with Crippen molar-refractivity contribution in [3.63, 3.8) is 0 Å². The van der Waals surface area contributed by atoms with Crippen molar-refractivity contribution in [2.45, 2.75) is 347 Å². The SMILES string of the molecule is CC/C=C\C/C=C\C/C=C\C/C=C\C/C=C\C/C=C\C/C=C\CCCCCCCCCCCCCCCCCCCCCC(=O)OC(COC(=O)CCCCCCCCCCCCC/C=C\CCCCCCCCCC)COC(OCC[N+](C)(C)C)C(=O)O. The van der Waals surface area contributed by atoms with Gasteiger partial charge in [-0.1, -0.05) is 323 Å². The topological polar surface area (TPSA) is 108 Å². The van der Waals surface area contributed by atoms with Gasteiger partial charge in [-0.3, -0.25) is 9.59 Å². The summed E-state index contributed by atoms with van der Waals surface area (Å²) in [7, 11) is 5.99. The minimum Gasteiger partial charge on any atom is -0.477 e. The van der Waals surface area contributed by atoms with E-state index < -0.39 is 24.3 Å². The highest BCUT2D eigenvalue weighted by atomic mass is 16.7. The number of carbonyl (C=O) groups is 3. The minimum atomic E-state index is -1.51. The van der Waals surface area contributed by atoms with Gasteiger partial charge in [-0.25, -0.2) is 4.79 Å². The fourth-order valence-corrected chi connectivity index (χ4v) is 10.6. The molecule has 89 heavy (non-hydrogen) atoms. The first-order chi connectivity index (χ1) is 43.6. The quantitative estimate of drug-likeness (QED) is 0.0211. The van der Waals surface area contributed by atoms with E-state index in [9.17, 15) is 19.5 Å². The number of nitrogens with zero attached hydrogens (tertiary/aromatic N) is 1. The zero-order valence-corrected chi connectivity index (χ0v) is 58.8. The largest absolute Gasteiger partial charge is 0.477 e. The van der Waals surface area contributed by atoms with Crippen molar-refractivity contribution in [2.75, 3.05) is 47.5 Å². The van der Waals surface area contributed by atoms with E-state index in [-0.39, 0.29) is 32.2 Å². The van der Waals surface area contributed by atoms with Gasteiger partial charge in [-0.15, -0.1) is 0 Å². The van der Waals surface area contributed by atoms with Gasteiger partial charge in [0, 0.05) is 12.8 Å². The van der Waals surface area contributed by atoms with E-state index in [1.807, 2.05) is 21.1 Å². The van der Waals surface area contributed by atoms with Gasteiger partial charge >= 0.3 is 17.9 Å². The Bertz CT molecular complexity index is 1790. The molecule has 0 bridgehead atoms. The molecule has 0 aromatic heterocycles. The zero-order valence-electron chi connectivity index (χ0n) is 58.8. The number of ether oxygens (including phenoxy) is 4. The van der Waals surface area contributed by atoms with E-state index in [4.69, 9.17) is 18.9 Å².